The van der Waals surface area contributed by atoms with Crippen molar-refractivity contribution in [3.05, 3.63) is 30.1 Å². The van der Waals surface area contributed by atoms with Crippen molar-refractivity contribution >= 4 is 17.7 Å². The maximum atomic E-state index is 12.1. The van der Waals surface area contributed by atoms with E-state index in [1.54, 1.807) is 36.1 Å². The smallest absolute Gasteiger partial charge is 0.239 e. The Morgan fingerprint density at radius 3 is 2.67 bits per heavy atom. The molecule has 0 aliphatic carbocycles. The minimum atomic E-state index is -0.410. The van der Waals surface area contributed by atoms with Crippen molar-refractivity contribution < 1.29 is 4.79 Å². The Bertz CT molecular complexity index is 372. The molecule has 0 radical (unpaired) electrons. The van der Waals surface area contributed by atoms with Gasteiger partial charge in [-0.15, -0.1) is 0 Å². The first-order valence-corrected chi connectivity index (χ1v) is 7.38. The molecule has 0 aliphatic heterocycles. The lowest BCUT2D eigenvalue weighted by atomic mass is 10.1. The van der Waals surface area contributed by atoms with Crippen LogP contribution >= 0.6 is 11.8 Å². The zero-order valence-electron chi connectivity index (χ0n) is 11.2. The summed E-state index contributed by atoms with van der Waals surface area (Å²) in [5.74, 6) is 0.901. The number of nitrogens with two attached hydrogens (primary N) is 1. The molecule has 18 heavy (non-hydrogen) atoms. The first-order chi connectivity index (χ1) is 8.57. The highest BCUT2D eigenvalue weighted by Gasteiger charge is 2.22. The number of pyridine rings is 1. The van der Waals surface area contributed by atoms with Crippen molar-refractivity contribution in [3.63, 3.8) is 0 Å². The second-order valence-corrected chi connectivity index (χ2v) is 5.28. The van der Waals surface area contributed by atoms with Gasteiger partial charge in [0.2, 0.25) is 5.91 Å². The number of amides is 1. The lowest BCUT2D eigenvalue weighted by Crippen LogP contribution is -2.43. The van der Waals surface area contributed by atoms with E-state index in [1.165, 1.54) is 0 Å². The van der Waals surface area contributed by atoms with Crippen LogP contribution in [0.1, 0.15) is 24.9 Å². The monoisotopic (exact) mass is 267 g/mol. The molecule has 1 rings (SSSR count). The molecule has 4 nitrogen and oxygen atoms in total. The number of nitrogens with zero attached hydrogens (tertiary/aromatic N) is 2. The molecule has 1 aromatic heterocycles. The Balaban J connectivity index is 2.63. The SMILES string of the molecule is CSCC[C@@H](N)C(=O)N(C)C(C)c1ccncc1. The fraction of sp³-hybridized carbons (Fsp3) is 0.538. The molecular formula is C13H21N3OS. The maximum absolute atomic E-state index is 12.1. The summed E-state index contributed by atoms with van der Waals surface area (Å²) in [5.41, 5.74) is 6.97. The molecule has 0 saturated heterocycles. The first kappa shape index (κ1) is 15.0. The van der Waals surface area contributed by atoms with Gasteiger partial charge in [0, 0.05) is 19.4 Å². The van der Waals surface area contributed by atoms with E-state index in [0.717, 1.165) is 11.3 Å². The van der Waals surface area contributed by atoms with Crippen molar-refractivity contribution in [3.8, 4) is 0 Å². The zero-order chi connectivity index (χ0) is 13.5. The summed E-state index contributed by atoms with van der Waals surface area (Å²) in [6, 6.07) is 3.44. The fourth-order valence-corrected chi connectivity index (χ4v) is 2.18. The summed E-state index contributed by atoms with van der Waals surface area (Å²) in [5, 5.41) is 0. The van der Waals surface area contributed by atoms with Crippen molar-refractivity contribution in [2.45, 2.75) is 25.4 Å². The van der Waals surface area contributed by atoms with Crippen LogP contribution in [0.25, 0.3) is 0 Å². The van der Waals surface area contributed by atoms with Crippen LogP contribution in [0.15, 0.2) is 24.5 Å². The summed E-state index contributed by atoms with van der Waals surface area (Å²) in [6.07, 6.45) is 6.20. The molecular weight excluding hydrogens is 246 g/mol. The number of rotatable bonds is 6. The van der Waals surface area contributed by atoms with Gasteiger partial charge in [-0.1, -0.05) is 0 Å². The molecule has 1 amide bonds. The van der Waals surface area contributed by atoms with E-state index in [-0.39, 0.29) is 11.9 Å². The van der Waals surface area contributed by atoms with Crippen LogP contribution in [0, 0.1) is 0 Å². The Morgan fingerprint density at radius 2 is 2.11 bits per heavy atom. The largest absolute Gasteiger partial charge is 0.338 e. The third-order valence-corrected chi connectivity index (χ3v) is 3.71. The third-order valence-electron chi connectivity index (χ3n) is 3.07. The number of carbonyl (C=O) groups excluding carboxylic acids is 1. The van der Waals surface area contributed by atoms with Gasteiger partial charge in [-0.2, -0.15) is 11.8 Å². The lowest BCUT2D eigenvalue weighted by Gasteiger charge is -2.27. The van der Waals surface area contributed by atoms with Gasteiger partial charge in [0.05, 0.1) is 12.1 Å². The van der Waals surface area contributed by atoms with Gasteiger partial charge in [-0.3, -0.25) is 9.78 Å². The van der Waals surface area contributed by atoms with Gasteiger partial charge >= 0.3 is 0 Å². The predicted octanol–water partition coefficient (Wildman–Crippen LogP) is 1.68. The van der Waals surface area contributed by atoms with Crippen molar-refractivity contribution in [1.29, 1.82) is 0 Å². The Hall–Kier alpha value is -1.07. The number of hydrogen-bond acceptors (Lipinski definition) is 4. The molecule has 100 valence electrons. The number of hydrogen-bond donors (Lipinski definition) is 1. The van der Waals surface area contributed by atoms with Crippen LogP contribution in [0.2, 0.25) is 0 Å². The van der Waals surface area contributed by atoms with E-state index < -0.39 is 6.04 Å². The van der Waals surface area contributed by atoms with E-state index in [2.05, 4.69) is 4.98 Å². The number of likely N-dealkylation sites (N-methyl/N-ethyl adjacent to an activating group) is 1. The van der Waals surface area contributed by atoms with Gasteiger partial charge in [0.1, 0.15) is 0 Å². The van der Waals surface area contributed by atoms with Crippen LogP contribution in [0.3, 0.4) is 0 Å². The van der Waals surface area contributed by atoms with Crippen molar-refractivity contribution in [1.82, 2.24) is 9.88 Å². The number of carbonyl (C=O) groups is 1. The molecule has 0 spiro atoms. The minimum Gasteiger partial charge on any atom is -0.338 e. The lowest BCUT2D eigenvalue weighted by molar-refractivity contribution is -0.133. The molecule has 0 fully saturated rings. The highest BCUT2D eigenvalue weighted by molar-refractivity contribution is 7.98. The first-order valence-electron chi connectivity index (χ1n) is 5.99. The molecule has 0 aliphatic rings. The third kappa shape index (κ3) is 3.99. The zero-order valence-corrected chi connectivity index (χ0v) is 12.0. The summed E-state index contributed by atoms with van der Waals surface area (Å²) in [4.78, 5) is 17.8. The molecule has 1 unspecified atom stereocenters. The molecule has 1 heterocycles. The minimum absolute atomic E-state index is 0.00615. The topological polar surface area (TPSA) is 59.2 Å². The van der Waals surface area contributed by atoms with Gasteiger partial charge in [-0.05, 0) is 43.0 Å². The van der Waals surface area contributed by atoms with E-state index in [9.17, 15) is 4.79 Å². The van der Waals surface area contributed by atoms with E-state index >= 15 is 0 Å². The van der Waals surface area contributed by atoms with Crippen molar-refractivity contribution in [2.24, 2.45) is 5.73 Å². The highest BCUT2D eigenvalue weighted by atomic mass is 32.2. The van der Waals surface area contributed by atoms with Crippen LogP contribution in [-0.4, -0.2) is 40.9 Å². The molecule has 2 atom stereocenters. The molecule has 5 heteroatoms. The second kappa shape index (κ2) is 7.38. The molecule has 2 N–H and O–H groups in total. The van der Waals surface area contributed by atoms with Crippen LogP contribution in [0.5, 0.6) is 0 Å². The Labute approximate surface area is 113 Å². The van der Waals surface area contributed by atoms with Gasteiger partial charge in [-0.25, -0.2) is 0 Å². The predicted molar refractivity (Wildman–Crippen MR) is 76.4 cm³/mol. The summed E-state index contributed by atoms with van der Waals surface area (Å²) < 4.78 is 0. The van der Waals surface area contributed by atoms with E-state index in [4.69, 9.17) is 5.73 Å². The van der Waals surface area contributed by atoms with Crippen molar-refractivity contribution in [2.75, 3.05) is 19.1 Å². The average molecular weight is 267 g/mol. The quantitative estimate of drug-likeness (QED) is 0.852. The van der Waals surface area contributed by atoms with Gasteiger partial charge in [0.25, 0.3) is 0 Å². The van der Waals surface area contributed by atoms with Crippen LogP contribution < -0.4 is 5.73 Å². The molecule has 1 aromatic rings. The van der Waals surface area contributed by atoms with E-state index in [1.807, 2.05) is 25.3 Å². The summed E-state index contributed by atoms with van der Waals surface area (Å²) in [6.45, 7) is 1.99. The Morgan fingerprint density at radius 1 is 1.50 bits per heavy atom. The standard InChI is InChI=1S/C13H21N3OS/c1-10(11-4-7-15-8-5-11)16(2)13(17)12(14)6-9-18-3/h4-5,7-8,10,12H,6,9,14H2,1-3H3/t10?,12-/m1/s1. The van der Waals surface area contributed by atoms with Gasteiger partial charge in [0.15, 0.2) is 0 Å². The van der Waals surface area contributed by atoms with E-state index in [0.29, 0.717) is 6.42 Å². The summed E-state index contributed by atoms with van der Waals surface area (Å²) >= 11 is 1.70. The normalized spacial score (nSPS) is 14.0. The molecule has 0 bridgehead atoms. The molecule has 0 aromatic carbocycles. The van der Waals surface area contributed by atoms with Gasteiger partial charge < -0.3 is 10.6 Å². The highest BCUT2D eigenvalue weighted by Crippen LogP contribution is 2.18. The summed E-state index contributed by atoms with van der Waals surface area (Å²) in [7, 11) is 1.80. The Kier molecular flexibility index (Phi) is 6.15. The maximum Gasteiger partial charge on any atom is 0.239 e. The number of aromatic nitrogens is 1. The fourth-order valence-electron chi connectivity index (χ4n) is 1.69. The van der Waals surface area contributed by atoms with Crippen LogP contribution in [0.4, 0.5) is 0 Å². The van der Waals surface area contributed by atoms with Crippen LogP contribution in [-0.2, 0) is 4.79 Å². The average Bonchev–Trinajstić information content (AvgIpc) is 2.43. The number of thioether (sulfide) groups is 1. The molecule has 0 saturated carbocycles. The second-order valence-electron chi connectivity index (χ2n) is 4.29.